The van der Waals surface area contributed by atoms with Crippen molar-refractivity contribution in [2.24, 2.45) is 7.05 Å². The zero-order chi connectivity index (χ0) is 7.84. The van der Waals surface area contributed by atoms with Crippen LogP contribution in [0.3, 0.4) is 0 Å². The Morgan fingerprint density at radius 1 is 1.36 bits per heavy atom. The third-order valence-electron chi connectivity index (χ3n) is 1.76. The van der Waals surface area contributed by atoms with E-state index >= 15 is 0 Å². The number of aromatic nitrogens is 2. The number of nitrogens with zero attached hydrogens (tertiary/aromatic N) is 1. The van der Waals surface area contributed by atoms with Crippen LogP contribution < -0.4 is 5.56 Å². The van der Waals surface area contributed by atoms with Crippen LogP contribution >= 0.6 is 0 Å². The molecular formula is C8H8N2O. The third-order valence-corrected chi connectivity index (χ3v) is 1.76. The molecule has 0 bridgehead atoms. The number of nitrogens with one attached hydrogen (secondary N) is 1. The molecular weight excluding hydrogens is 140 g/mol. The predicted octanol–water partition coefficient (Wildman–Crippen LogP) is 0.867. The van der Waals surface area contributed by atoms with E-state index < -0.39 is 0 Å². The zero-order valence-electron chi connectivity index (χ0n) is 6.16. The van der Waals surface area contributed by atoms with Crippen LogP contribution in [0.4, 0.5) is 0 Å². The number of H-pyrrole nitrogens is 1. The van der Waals surface area contributed by atoms with Crippen molar-refractivity contribution in [3.05, 3.63) is 34.7 Å². The first kappa shape index (κ1) is 6.22. The van der Waals surface area contributed by atoms with E-state index in [2.05, 4.69) is 4.98 Å². The Morgan fingerprint density at radius 2 is 2.18 bits per heavy atom. The van der Waals surface area contributed by atoms with E-state index in [1.54, 1.807) is 0 Å². The van der Waals surface area contributed by atoms with Gasteiger partial charge in [-0.15, -0.1) is 0 Å². The van der Waals surface area contributed by atoms with Gasteiger partial charge in [-0.1, -0.05) is 0 Å². The standard InChI is InChI=1S/C8H8N2O/c1-10-5-4-6-2-3-7(11)9-8(6)10/h2-5H,1H3,(H,9,11). The Bertz CT molecular complexity index is 439. The van der Waals surface area contributed by atoms with Crippen molar-refractivity contribution < 1.29 is 0 Å². The van der Waals surface area contributed by atoms with Crippen LogP contribution in [0, 0.1) is 0 Å². The summed E-state index contributed by atoms with van der Waals surface area (Å²) in [5.41, 5.74) is 0.816. The fourth-order valence-corrected chi connectivity index (χ4v) is 1.17. The summed E-state index contributed by atoms with van der Waals surface area (Å²) < 4.78 is 1.89. The maximum absolute atomic E-state index is 10.9. The second-order valence-corrected chi connectivity index (χ2v) is 2.55. The summed E-state index contributed by atoms with van der Waals surface area (Å²) in [4.78, 5) is 13.6. The molecule has 2 aromatic heterocycles. The van der Waals surface area contributed by atoms with Gasteiger partial charge in [0.1, 0.15) is 5.65 Å². The Labute approximate surface area is 63.3 Å². The van der Waals surface area contributed by atoms with Crippen LogP contribution in [0.15, 0.2) is 29.2 Å². The lowest BCUT2D eigenvalue weighted by Crippen LogP contribution is -2.03. The Balaban J connectivity index is 2.98. The average molecular weight is 148 g/mol. The van der Waals surface area contributed by atoms with Gasteiger partial charge in [-0.2, -0.15) is 0 Å². The van der Waals surface area contributed by atoms with Gasteiger partial charge in [-0.05, 0) is 12.1 Å². The molecule has 0 saturated carbocycles. The summed E-state index contributed by atoms with van der Waals surface area (Å²) in [6.07, 6.45) is 1.92. The summed E-state index contributed by atoms with van der Waals surface area (Å²) in [7, 11) is 1.90. The van der Waals surface area contributed by atoms with Gasteiger partial charge in [0, 0.05) is 24.7 Å². The highest BCUT2D eigenvalue weighted by Gasteiger charge is 1.95. The normalized spacial score (nSPS) is 10.6. The molecule has 0 aliphatic heterocycles. The van der Waals surface area contributed by atoms with Crippen LogP contribution in [0.5, 0.6) is 0 Å². The highest BCUT2D eigenvalue weighted by atomic mass is 16.1. The number of aromatic amines is 1. The average Bonchev–Trinajstić information content (AvgIpc) is 2.33. The fraction of sp³-hybridized carbons (Fsp3) is 0.125. The van der Waals surface area contributed by atoms with Crippen LogP contribution in [-0.2, 0) is 7.05 Å². The largest absolute Gasteiger partial charge is 0.337 e. The SMILES string of the molecule is Cn1ccc2ccc(=O)[nH]c21. The van der Waals surface area contributed by atoms with E-state index in [4.69, 9.17) is 0 Å². The molecule has 0 aliphatic rings. The Morgan fingerprint density at radius 3 is 3.00 bits per heavy atom. The highest BCUT2D eigenvalue weighted by Crippen LogP contribution is 2.07. The molecule has 0 atom stereocenters. The van der Waals surface area contributed by atoms with Crippen LogP contribution in [0.25, 0.3) is 11.0 Å². The van der Waals surface area contributed by atoms with Gasteiger partial charge in [0.2, 0.25) is 5.56 Å². The van der Waals surface area contributed by atoms with Crippen molar-refractivity contribution in [3.8, 4) is 0 Å². The molecule has 0 unspecified atom stereocenters. The summed E-state index contributed by atoms with van der Waals surface area (Å²) >= 11 is 0. The van der Waals surface area contributed by atoms with Gasteiger partial charge >= 0.3 is 0 Å². The van der Waals surface area contributed by atoms with Gasteiger partial charge in [-0.25, -0.2) is 0 Å². The molecule has 0 radical (unpaired) electrons. The molecule has 3 heteroatoms. The molecule has 0 aromatic carbocycles. The maximum atomic E-state index is 10.9. The van der Waals surface area contributed by atoms with E-state index in [9.17, 15) is 4.79 Å². The minimum Gasteiger partial charge on any atom is -0.337 e. The first-order valence-corrected chi connectivity index (χ1v) is 3.42. The summed E-state index contributed by atoms with van der Waals surface area (Å²) in [6, 6.07) is 5.31. The van der Waals surface area contributed by atoms with Gasteiger partial charge in [0.15, 0.2) is 0 Å². The second-order valence-electron chi connectivity index (χ2n) is 2.55. The summed E-state index contributed by atoms with van der Waals surface area (Å²) in [5, 5.41) is 1.06. The Hall–Kier alpha value is -1.51. The molecule has 0 saturated heterocycles. The topological polar surface area (TPSA) is 37.8 Å². The number of pyridine rings is 1. The van der Waals surface area contributed by atoms with Crippen molar-refractivity contribution in [3.63, 3.8) is 0 Å². The monoisotopic (exact) mass is 148 g/mol. The number of hydrogen-bond acceptors (Lipinski definition) is 1. The number of fused-ring (bicyclic) bond motifs is 1. The second kappa shape index (κ2) is 1.99. The molecule has 2 heterocycles. The fourth-order valence-electron chi connectivity index (χ4n) is 1.17. The van der Waals surface area contributed by atoms with Crippen molar-refractivity contribution in [2.45, 2.75) is 0 Å². The van der Waals surface area contributed by atoms with Crippen LogP contribution in [-0.4, -0.2) is 9.55 Å². The van der Waals surface area contributed by atoms with Crippen molar-refractivity contribution in [2.75, 3.05) is 0 Å². The summed E-state index contributed by atoms with van der Waals surface area (Å²) in [5.74, 6) is 0. The summed E-state index contributed by atoms with van der Waals surface area (Å²) in [6.45, 7) is 0. The van der Waals surface area contributed by atoms with E-state index in [1.807, 2.05) is 29.9 Å². The molecule has 2 rings (SSSR count). The molecule has 11 heavy (non-hydrogen) atoms. The third kappa shape index (κ3) is 0.852. The lowest BCUT2D eigenvalue weighted by molar-refractivity contribution is 0.944. The smallest absolute Gasteiger partial charge is 0.249 e. The lowest BCUT2D eigenvalue weighted by Gasteiger charge is -1.92. The molecule has 2 aromatic rings. The van der Waals surface area contributed by atoms with Crippen LogP contribution in [0.1, 0.15) is 0 Å². The minimum absolute atomic E-state index is 0.0562. The quantitative estimate of drug-likeness (QED) is 0.591. The van der Waals surface area contributed by atoms with E-state index in [1.165, 1.54) is 6.07 Å². The van der Waals surface area contributed by atoms with Crippen molar-refractivity contribution >= 4 is 11.0 Å². The molecule has 0 spiro atoms. The highest BCUT2D eigenvalue weighted by molar-refractivity contribution is 5.75. The lowest BCUT2D eigenvalue weighted by atomic mass is 10.3. The van der Waals surface area contributed by atoms with Gasteiger partial charge in [0.25, 0.3) is 0 Å². The first-order chi connectivity index (χ1) is 5.27. The molecule has 0 aliphatic carbocycles. The number of aryl methyl sites for hydroxylation is 1. The van der Waals surface area contributed by atoms with E-state index in [-0.39, 0.29) is 5.56 Å². The first-order valence-electron chi connectivity index (χ1n) is 3.42. The molecule has 3 nitrogen and oxygen atoms in total. The number of hydrogen-bond donors (Lipinski definition) is 1. The molecule has 0 amide bonds. The maximum Gasteiger partial charge on any atom is 0.249 e. The molecule has 56 valence electrons. The van der Waals surface area contributed by atoms with Crippen molar-refractivity contribution in [1.29, 1.82) is 0 Å². The minimum atomic E-state index is -0.0562. The predicted molar refractivity (Wildman–Crippen MR) is 43.5 cm³/mol. The zero-order valence-corrected chi connectivity index (χ0v) is 6.16. The molecule has 1 N–H and O–H groups in total. The number of rotatable bonds is 0. The van der Waals surface area contributed by atoms with E-state index in [0.29, 0.717) is 0 Å². The Kier molecular flexibility index (Phi) is 1.12. The van der Waals surface area contributed by atoms with Crippen LogP contribution in [0.2, 0.25) is 0 Å². The van der Waals surface area contributed by atoms with Gasteiger partial charge in [0.05, 0.1) is 0 Å². The molecule has 0 fully saturated rings. The van der Waals surface area contributed by atoms with Gasteiger partial charge in [-0.3, -0.25) is 4.79 Å². The van der Waals surface area contributed by atoms with Gasteiger partial charge < -0.3 is 9.55 Å². The van der Waals surface area contributed by atoms with E-state index in [0.717, 1.165) is 11.0 Å². The van der Waals surface area contributed by atoms with Crippen molar-refractivity contribution in [1.82, 2.24) is 9.55 Å².